The third-order valence-electron chi connectivity index (χ3n) is 3.27. The van der Waals surface area contributed by atoms with Gasteiger partial charge in [-0.25, -0.2) is 4.79 Å². The summed E-state index contributed by atoms with van der Waals surface area (Å²) in [6.07, 6.45) is 1.45. The lowest BCUT2D eigenvalue weighted by atomic mass is 10.1. The Kier molecular flexibility index (Phi) is 5.91. The highest BCUT2D eigenvalue weighted by Crippen LogP contribution is 2.21. The highest BCUT2D eigenvalue weighted by atomic mass is 16.5. The molecule has 25 heavy (non-hydrogen) atoms. The van der Waals surface area contributed by atoms with E-state index in [1.54, 1.807) is 24.3 Å². The van der Waals surface area contributed by atoms with Crippen LogP contribution in [0.5, 0.6) is 5.75 Å². The molecule has 2 aromatic rings. The average molecular weight is 336 g/mol. The van der Waals surface area contributed by atoms with Gasteiger partial charge in [0, 0.05) is 11.3 Å². The molecule has 0 aliphatic carbocycles. The van der Waals surface area contributed by atoms with E-state index in [1.807, 2.05) is 13.0 Å². The number of nitrogens with one attached hydrogen (secondary N) is 1. The first kappa shape index (κ1) is 17.8. The fourth-order valence-electron chi connectivity index (χ4n) is 2.09. The maximum Gasteiger partial charge on any atom is 0.335 e. The van der Waals surface area contributed by atoms with Crippen LogP contribution in [-0.4, -0.2) is 23.6 Å². The number of carbonyl (C=O) groups excluding carboxylic acids is 1. The van der Waals surface area contributed by atoms with Crippen LogP contribution in [0.4, 0.5) is 5.69 Å². The molecular weight excluding hydrogens is 320 g/mol. The molecule has 0 fully saturated rings. The Morgan fingerprint density at radius 3 is 2.48 bits per heavy atom. The Bertz CT molecular complexity index is 848. The quantitative estimate of drug-likeness (QED) is 0.622. The minimum absolute atomic E-state index is 0.0885. The van der Waals surface area contributed by atoms with E-state index in [-0.39, 0.29) is 11.1 Å². The average Bonchev–Trinajstić information content (AvgIpc) is 2.61. The minimum atomic E-state index is -1.05. The summed E-state index contributed by atoms with van der Waals surface area (Å²) in [6, 6.07) is 14.6. The molecule has 0 aliphatic rings. The van der Waals surface area contributed by atoms with Gasteiger partial charge in [-0.1, -0.05) is 18.2 Å². The molecule has 0 aliphatic heterocycles. The predicted molar refractivity (Wildman–Crippen MR) is 93.2 cm³/mol. The van der Waals surface area contributed by atoms with E-state index in [4.69, 9.17) is 9.84 Å². The first-order valence-corrected chi connectivity index (χ1v) is 7.53. The summed E-state index contributed by atoms with van der Waals surface area (Å²) in [4.78, 5) is 23.1. The molecule has 0 bridgehead atoms. The third-order valence-corrected chi connectivity index (χ3v) is 3.27. The van der Waals surface area contributed by atoms with Crippen molar-refractivity contribution in [3.05, 3.63) is 65.2 Å². The number of nitrogens with zero attached hydrogens (tertiary/aromatic N) is 1. The van der Waals surface area contributed by atoms with E-state index in [2.05, 4.69) is 5.32 Å². The molecular formula is C19H16N2O4. The molecule has 2 aromatic carbocycles. The molecule has 0 atom stereocenters. The fourth-order valence-corrected chi connectivity index (χ4v) is 2.09. The van der Waals surface area contributed by atoms with Crippen LogP contribution in [-0.2, 0) is 4.79 Å². The molecule has 0 heterocycles. The molecule has 126 valence electrons. The van der Waals surface area contributed by atoms with E-state index in [0.29, 0.717) is 23.6 Å². The number of hydrogen-bond donors (Lipinski definition) is 2. The van der Waals surface area contributed by atoms with Gasteiger partial charge in [0.1, 0.15) is 17.4 Å². The summed E-state index contributed by atoms with van der Waals surface area (Å²) in [5.74, 6) is -1.06. The number of carbonyl (C=O) groups is 2. The summed E-state index contributed by atoms with van der Waals surface area (Å²) >= 11 is 0. The maximum absolute atomic E-state index is 12.3. The number of amides is 1. The highest BCUT2D eigenvalue weighted by molar-refractivity contribution is 6.10. The van der Waals surface area contributed by atoms with Crippen LogP contribution < -0.4 is 10.1 Å². The Morgan fingerprint density at radius 2 is 1.88 bits per heavy atom. The molecule has 0 saturated heterocycles. The van der Waals surface area contributed by atoms with Crippen LogP contribution in [0, 0.1) is 11.3 Å². The van der Waals surface area contributed by atoms with Crippen LogP contribution in [0.1, 0.15) is 22.8 Å². The van der Waals surface area contributed by atoms with Crippen molar-refractivity contribution >= 4 is 23.6 Å². The van der Waals surface area contributed by atoms with Crippen LogP contribution in [0.15, 0.2) is 54.1 Å². The molecule has 0 saturated carbocycles. The molecule has 6 nitrogen and oxygen atoms in total. The van der Waals surface area contributed by atoms with Gasteiger partial charge in [-0.05, 0) is 43.3 Å². The number of para-hydroxylation sites is 1. The van der Waals surface area contributed by atoms with Gasteiger partial charge >= 0.3 is 5.97 Å². The lowest BCUT2D eigenvalue weighted by Crippen LogP contribution is -2.13. The number of carboxylic acids is 1. The Hall–Kier alpha value is -3.59. The smallest absolute Gasteiger partial charge is 0.335 e. The zero-order valence-corrected chi connectivity index (χ0v) is 13.5. The highest BCUT2D eigenvalue weighted by Gasteiger charge is 2.11. The number of carboxylic acid groups (broad SMARTS) is 1. The molecule has 2 N–H and O–H groups in total. The second-order valence-electron chi connectivity index (χ2n) is 4.98. The van der Waals surface area contributed by atoms with Gasteiger partial charge in [0.05, 0.1) is 12.2 Å². The zero-order valence-electron chi connectivity index (χ0n) is 13.5. The molecule has 0 unspecified atom stereocenters. The maximum atomic E-state index is 12.3. The van der Waals surface area contributed by atoms with Gasteiger partial charge in [0.2, 0.25) is 0 Å². The SMILES string of the molecule is CCOc1ccccc1/C=C(\C#N)C(=O)Nc1ccc(C(=O)O)cc1. The van der Waals surface area contributed by atoms with Crippen molar-refractivity contribution in [3.8, 4) is 11.8 Å². The zero-order chi connectivity index (χ0) is 18.2. The predicted octanol–water partition coefficient (Wildman–Crippen LogP) is 3.33. The van der Waals surface area contributed by atoms with Gasteiger partial charge < -0.3 is 15.2 Å². The largest absolute Gasteiger partial charge is 0.493 e. The van der Waals surface area contributed by atoms with Crippen molar-refractivity contribution in [2.75, 3.05) is 11.9 Å². The van der Waals surface area contributed by atoms with Crippen LogP contribution >= 0.6 is 0 Å². The Balaban J connectivity index is 2.21. The van der Waals surface area contributed by atoms with Crippen molar-refractivity contribution in [1.29, 1.82) is 5.26 Å². The molecule has 1 amide bonds. The molecule has 0 aromatic heterocycles. The number of anilines is 1. The second-order valence-corrected chi connectivity index (χ2v) is 4.98. The summed E-state index contributed by atoms with van der Waals surface area (Å²) in [5.41, 5.74) is 1.04. The van der Waals surface area contributed by atoms with Crippen molar-refractivity contribution in [2.45, 2.75) is 6.92 Å². The molecule has 6 heteroatoms. The minimum Gasteiger partial charge on any atom is -0.493 e. The first-order chi connectivity index (χ1) is 12.0. The fraction of sp³-hybridized carbons (Fsp3) is 0.105. The summed E-state index contributed by atoms with van der Waals surface area (Å²) in [5, 5.41) is 20.7. The van der Waals surface area contributed by atoms with Crippen molar-refractivity contribution in [3.63, 3.8) is 0 Å². The van der Waals surface area contributed by atoms with Crippen molar-refractivity contribution in [2.24, 2.45) is 0 Å². The van der Waals surface area contributed by atoms with Gasteiger partial charge in [0.25, 0.3) is 5.91 Å². The van der Waals surface area contributed by atoms with E-state index in [1.165, 1.54) is 30.3 Å². The van der Waals surface area contributed by atoms with Crippen LogP contribution in [0.25, 0.3) is 6.08 Å². The monoisotopic (exact) mass is 336 g/mol. The van der Waals surface area contributed by atoms with Crippen LogP contribution in [0.2, 0.25) is 0 Å². The van der Waals surface area contributed by atoms with E-state index in [0.717, 1.165) is 0 Å². The number of ether oxygens (including phenoxy) is 1. The van der Waals surface area contributed by atoms with E-state index >= 15 is 0 Å². The van der Waals surface area contributed by atoms with Crippen molar-refractivity contribution in [1.82, 2.24) is 0 Å². The van der Waals surface area contributed by atoms with Gasteiger partial charge in [-0.3, -0.25) is 4.79 Å². The van der Waals surface area contributed by atoms with E-state index in [9.17, 15) is 14.9 Å². The topological polar surface area (TPSA) is 99.4 Å². The number of hydrogen-bond acceptors (Lipinski definition) is 4. The lowest BCUT2D eigenvalue weighted by Gasteiger charge is -2.08. The Labute approximate surface area is 145 Å². The number of rotatable bonds is 6. The number of nitriles is 1. The second kappa shape index (κ2) is 8.31. The molecule has 2 rings (SSSR count). The van der Waals surface area contributed by atoms with Gasteiger partial charge in [0.15, 0.2) is 0 Å². The van der Waals surface area contributed by atoms with Crippen molar-refractivity contribution < 1.29 is 19.4 Å². The molecule has 0 radical (unpaired) electrons. The lowest BCUT2D eigenvalue weighted by molar-refractivity contribution is -0.112. The number of benzene rings is 2. The standard InChI is InChI=1S/C19H16N2O4/c1-2-25-17-6-4-3-5-14(17)11-15(12-20)18(22)21-16-9-7-13(8-10-16)19(23)24/h3-11H,2H2,1H3,(H,21,22)(H,23,24)/b15-11+. The summed E-state index contributed by atoms with van der Waals surface area (Å²) < 4.78 is 5.47. The summed E-state index contributed by atoms with van der Waals surface area (Å²) in [6.45, 7) is 2.31. The third kappa shape index (κ3) is 4.69. The summed E-state index contributed by atoms with van der Waals surface area (Å²) in [7, 11) is 0. The van der Waals surface area contributed by atoms with Crippen LogP contribution in [0.3, 0.4) is 0 Å². The molecule has 0 spiro atoms. The van der Waals surface area contributed by atoms with Gasteiger partial charge in [-0.15, -0.1) is 0 Å². The Morgan fingerprint density at radius 1 is 1.20 bits per heavy atom. The number of aromatic carboxylic acids is 1. The van der Waals surface area contributed by atoms with E-state index < -0.39 is 11.9 Å². The normalized spacial score (nSPS) is 10.6. The van der Waals surface area contributed by atoms with Gasteiger partial charge in [-0.2, -0.15) is 5.26 Å². The first-order valence-electron chi connectivity index (χ1n) is 7.53.